The average molecular weight is 464 g/mol. The number of aromatic nitrogens is 4. The van der Waals surface area contributed by atoms with E-state index >= 15 is 0 Å². The Morgan fingerprint density at radius 3 is 2.45 bits per heavy atom. The predicted molar refractivity (Wildman–Crippen MR) is 125 cm³/mol. The first kappa shape index (κ1) is 22.5. The third kappa shape index (κ3) is 5.75. The summed E-state index contributed by atoms with van der Waals surface area (Å²) < 4.78 is 20.2. The van der Waals surface area contributed by atoms with Crippen molar-refractivity contribution in [3.8, 4) is 22.8 Å². The summed E-state index contributed by atoms with van der Waals surface area (Å²) in [4.78, 5) is 16.5. The first-order valence-corrected chi connectivity index (χ1v) is 11.3. The zero-order valence-electron chi connectivity index (χ0n) is 17.9. The number of hydrogen-bond acceptors (Lipinski definition) is 6. The minimum absolute atomic E-state index is 0.114. The molecule has 0 aliphatic heterocycles. The minimum Gasteiger partial charge on any atom is -0.497 e. The first-order chi connectivity index (χ1) is 16.1. The normalized spacial score (nSPS) is 10.7. The number of carbonyl (C=O) groups is 1. The van der Waals surface area contributed by atoms with Crippen molar-refractivity contribution in [2.75, 3.05) is 19.4 Å². The second-order valence-corrected chi connectivity index (χ2v) is 8.03. The maximum absolute atomic E-state index is 13.0. The number of thioether (sulfide) groups is 1. The molecule has 0 fully saturated rings. The molecule has 0 aliphatic carbocycles. The number of halogens is 1. The van der Waals surface area contributed by atoms with Gasteiger partial charge in [-0.1, -0.05) is 23.9 Å². The lowest BCUT2D eigenvalue weighted by Crippen LogP contribution is -2.27. The van der Waals surface area contributed by atoms with E-state index in [9.17, 15) is 9.18 Å². The number of ether oxygens (including phenoxy) is 1. The number of methoxy groups -OCH3 is 1. The largest absolute Gasteiger partial charge is 0.497 e. The fourth-order valence-corrected chi connectivity index (χ4v) is 3.98. The molecule has 4 rings (SSSR count). The molecule has 1 amide bonds. The van der Waals surface area contributed by atoms with Crippen molar-refractivity contribution in [1.82, 2.24) is 25.1 Å². The van der Waals surface area contributed by atoms with Crippen molar-refractivity contribution in [3.05, 3.63) is 84.4 Å². The van der Waals surface area contributed by atoms with E-state index in [0.29, 0.717) is 23.9 Å². The molecule has 1 N–H and O–H groups in total. The van der Waals surface area contributed by atoms with Crippen LogP contribution in [0.1, 0.15) is 5.56 Å². The zero-order valence-corrected chi connectivity index (χ0v) is 18.8. The van der Waals surface area contributed by atoms with Crippen molar-refractivity contribution in [1.29, 1.82) is 0 Å². The molecular weight excluding hydrogens is 441 g/mol. The van der Waals surface area contributed by atoms with Gasteiger partial charge in [0, 0.05) is 30.2 Å². The Kier molecular flexibility index (Phi) is 7.31. The van der Waals surface area contributed by atoms with Crippen molar-refractivity contribution >= 4 is 17.7 Å². The lowest BCUT2D eigenvalue weighted by Gasteiger charge is -2.11. The van der Waals surface area contributed by atoms with Crippen LogP contribution in [0.4, 0.5) is 4.39 Å². The zero-order chi connectivity index (χ0) is 23.0. The summed E-state index contributed by atoms with van der Waals surface area (Å²) in [5.74, 6) is 1.20. The molecule has 2 heterocycles. The number of pyridine rings is 1. The van der Waals surface area contributed by atoms with Gasteiger partial charge in [-0.05, 0) is 60.5 Å². The Labute approximate surface area is 195 Å². The monoisotopic (exact) mass is 463 g/mol. The highest BCUT2D eigenvalue weighted by Crippen LogP contribution is 2.28. The average Bonchev–Trinajstić information content (AvgIpc) is 3.28. The third-order valence-corrected chi connectivity index (χ3v) is 5.81. The minimum atomic E-state index is -0.272. The fraction of sp³-hybridized carbons (Fsp3) is 0.167. The van der Waals surface area contributed by atoms with Crippen molar-refractivity contribution < 1.29 is 13.9 Å². The van der Waals surface area contributed by atoms with Gasteiger partial charge in [0.05, 0.1) is 12.9 Å². The van der Waals surface area contributed by atoms with Gasteiger partial charge in [0.25, 0.3) is 0 Å². The van der Waals surface area contributed by atoms with Gasteiger partial charge in [-0.15, -0.1) is 10.2 Å². The molecule has 0 atom stereocenters. The van der Waals surface area contributed by atoms with E-state index in [1.165, 1.54) is 23.9 Å². The van der Waals surface area contributed by atoms with Gasteiger partial charge in [-0.2, -0.15) is 0 Å². The molecule has 0 aliphatic rings. The highest BCUT2D eigenvalue weighted by Gasteiger charge is 2.17. The lowest BCUT2D eigenvalue weighted by atomic mass is 10.1. The van der Waals surface area contributed by atoms with E-state index in [2.05, 4.69) is 20.5 Å². The van der Waals surface area contributed by atoms with E-state index in [-0.39, 0.29) is 17.5 Å². The van der Waals surface area contributed by atoms with E-state index < -0.39 is 0 Å². The number of nitrogens with one attached hydrogen (secondary N) is 1. The third-order valence-electron chi connectivity index (χ3n) is 4.88. The molecule has 33 heavy (non-hydrogen) atoms. The van der Waals surface area contributed by atoms with Crippen LogP contribution in [-0.4, -0.2) is 45.1 Å². The van der Waals surface area contributed by atoms with Crippen LogP contribution in [0.25, 0.3) is 17.1 Å². The van der Waals surface area contributed by atoms with Gasteiger partial charge in [-0.25, -0.2) is 4.39 Å². The van der Waals surface area contributed by atoms with Gasteiger partial charge in [0.15, 0.2) is 11.0 Å². The van der Waals surface area contributed by atoms with Gasteiger partial charge in [-0.3, -0.25) is 14.3 Å². The Morgan fingerprint density at radius 1 is 1.03 bits per heavy atom. The van der Waals surface area contributed by atoms with Crippen LogP contribution >= 0.6 is 11.8 Å². The number of carbonyl (C=O) groups excluding carboxylic acids is 1. The lowest BCUT2D eigenvalue weighted by molar-refractivity contribution is -0.118. The molecule has 0 bridgehead atoms. The Hall–Kier alpha value is -3.72. The maximum atomic E-state index is 13.0. The number of benzene rings is 2. The topological polar surface area (TPSA) is 81.9 Å². The molecule has 2 aromatic carbocycles. The molecule has 0 radical (unpaired) electrons. The quantitative estimate of drug-likeness (QED) is 0.379. The van der Waals surface area contributed by atoms with E-state index in [1.807, 2.05) is 41.0 Å². The van der Waals surface area contributed by atoms with Crippen LogP contribution in [0.2, 0.25) is 0 Å². The van der Waals surface area contributed by atoms with E-state index in [0.717, 1.165) is 22.6 Å². The molecule has 0 saturated carbocycles. The van der Waals surface area contributed by atoms with Crippen LogP contribution in [-0.2, 0) is 11.2 Å². The SMILES string of the molecule is COc1ccc(-n2c(SCC(=O)NCCc3ccc(F)cc3)nnc2-c2ccncc2)cc1. The molecule has 0 spiro atoms. The van der Waals surface area contributed by atoms with Crippen molar-refractivity contribution in [3.63, 3.8) is 0 Å². The predicted octanol–water partition coefficient (Wildman–Crippen LogP) is 3.93. The standard InChI is InChI=1S/C24H22FN5O2S/c1-32-21-8-6-20(7-9-21)30-23(18-11-13-26-14-12-18)28-29-24(30)33-16-22(31)27-15-10-17-2-4-19(25)5-3-17/h2-9,11-14H,10,15-16H2,1H3,(H,27,31). The molecule has 0 unspecified atom stereocenters. The Morgan fingerprint density at radius 2 is 1.76 bits per heavy atom. The van der Waals surface area contributed by atoms with Crippen LogP contribution in [0.5, 0.6) is 5.75 Å². The summed E-state index contributed by atoms with van der Waals surface area (Å²) in [6, 6.07) is 17.5. The molecule has 4 aromatic rings. The van der Waals surface area contributed by atoms with E-state index in [4.69, 9.17) is 4.74 Å². The van der Waals surface area contributed by atoms with Crippen molar-refractivity contribution in [2.24, 2.45) is 0 Å². The number of rotatable bonds is 9. The van der Waals surface area contributed by atoms with Crippen LogP contribution in [0.15, 0.2) is 78.2 Å². The number of nitrogens with zero attached hydrogens (tertiary/aromatic N) is 4. The highest BCUT2D eigenvalue weighted by atomic mass is 32.2. The van der Waals surface area contributed by atoms with Gasteiger partial charge >= 0.3 is 0 Å². The van der Waals surface area contributed by atoms with Gasteiger partial charge < -0.3 is 10.1 Å². The van der Waals surface area contributed by atoms with Gasteiger partial charge in [0.1, 0.15) is 11.6 Å². The molecule has 7 nitrogen and oxygen atoms in total. The summed E-state index contributed by atoms with van der Waals surface area (Å²) in [6.45, 7) is 0.471. The number of amides is 1. The van der Waals surface area contributed by atoms with Crippen LogP contribution < -0.4 is 10.1 Å². The first-order valence-electron chi connectivity index (χ1n) is 10.3. The van der Waals surface area contributed by atoms with Crippen LogP contribution in [0, 0.1) is 5.82 Å². The fourth-order valence-electron chi connectivity index (χ4n) is 3.19. The van der Waals surface area contributed by atoms with E-state index in [1.54, 1.807) is 31.6 Å². The Balaban J connectivity index is 1.46. The van der Waals surface area contributed by atoms with Gasteiger partial charge in [0.2, 0.25) is 5.91 Å². The van der Waals surface area contributed by atoms with Crippen molar-refractivity contribution in [2.45, 2.75) is 11.6 Å². The number of hydrogen-bond donors (Lipinski definition) is 1. The van der Waals surface area contributed by atoms with Crippen LogP contribution in [0.3, 0.4) is 0 Å². The second kappa shape index (κ2) is 10.7. The summed E-state index contributed by atoms with van der Waals surface area (Å²) in [5, 5.41) is 12.2. The molecular formula is C24H22FN5O2S. The Bertz CT molecular complexity index is 1200. The second-order valence-electron chi connectivity index (χ2n) is 7.09. The molecule has 168 valence electrons. The summed E-state index contributed by atoms with van der Waals surface area (Å²) in [5.41, 5.74) is 2.68. The highest BCUT2D eigenvalue weighted by molar-refractivity contribution is 7.99. The smallest absolute Gasteiger partial charge is 0.230 e. The molecule has 2 aromatic heterocycles. The summed E-state index contributed by atoms with van der Waals surface area (Å²) in [7, 11) is 1.62. The summed E-state index contributed by atoms with van der Waals surface area (Å²) in [6.07, 6.45) is 4.03. The summed E-state index contributed by atoms with van der Waals surface area (Å²) >= 11 is 1.30. The molecule has 9 heteroatoms. The molecule has 0 saturated heterocycles. The maximum Gasteiger partial charge on any atom is 0.230 e.